The van der Waals surface area contributed by atoms with Crippen molar-refractivity contribution < 1.29 is 4.79 Å². The van der Waals surface area contributed by atoms with E-state index in [4.69, 9.17) is 11.6 Å². The van der Waals surface area contributed by atoms with Gasteiger partial charge in [-0.1, -0.05) is 23.7 Å². The molecule has 0 aliphatic heterocycles. The van der Waals surface area contributed by atoms with Crippen molar-refractivity contribution in [2.75, 3.05) is 5.32 Å². The monoisotopic (exact) mass is 329 g/mol. The summed E-state index contributed by atoms with van der Waals surface area (Å²) in [6, 6.07) is 7.59. The summed E-state index contributed by atoms with van der Waals surface area (Å²) >= 11 is 5.97. The Hall–Kier alpha value is -2.60. The summed E-state index contributed by atoms with van der Waals surface area (Å²) in [4.78, 5) is 12.1. The number of benzene rings is 1. The third-order valence-electron chi connectivity index (χ3n) is 3.34. The predicted molar refractivity (Wildman–Crippen MR) is 88.6 cm³/mol. The molecule has 1 N–H and O–H groups in total. The van der Waals surface area contributed by atoms with Gasteiger partial charge in [-0.15, -0.1) is 0 Å². The standard InChI is InChI=1S/C16H16ClN5O/c1-2-21-10-13(7-18-21)16(23)20-15-8-19-22(11-15)9-12-4-3-5-14(17)6-12/h3-8,10-11H,2,9H2,1H3,(H,20,23). The maximum absolute atomic E-state index is 12.1. The number of amides is 1. The molecule has 0 spiro atoms. The van der Waals surface area contributed by atoms with E-state index < -0.39 is 0 Å². The van der Waals surface area contributed by atoms with Gasteiger partial charge in [-0.3, -0.25) is 14.2 Å². The minimum atomic E-state index is -0.202. The van der Waals surface area contributed by atoms with E-state index >= 15 is 0 Å². The first-order valence-electron chi connectivity index (χ1n) is 7.25. The van der Waals surface area contributed by atoms with Crippen molar-refractivity contribution in [2.45, 2.75) is 20.0 Å². The first-order valence-corrected chi connectivity index (χ1v) is 7.62. The molecule has 3 rings (SSSR count). The summed E-state index contributed by atoms with van der Waals surface area (Å²) in [6.45, 7) is 3.28. The average Bonchev–Trinajstić information content (AvgIpc) is 3.16. The number of carbonyl (C=O) groups excluding carboxylic acids is 1. The topological polar surface area (TPSA) is 64.7 Å². The highest BCUT2D eigenvalue weighted by Crippen LogP contribution is 2.13. The fourth-order valence-corrected chi connectivity index (χ4v) is 2.41. The smallest absolute Gasteiger partial charge is 0.258 e. The van der Waals surface area contributed by atoms with Crippen LogP contribution < -0.4 is 5.32 Å². The Morgan fingerprint density at radius 1 is 1.22 bits per heavy atom. The summed E-state index contributed by atoms with van der Waals surface area (Å²) in [7, 11) is 0. The predicted octanol–water partition coefficient (Wildman–Crippen LogP) is 3.05. The molecular weight excluding hydrogens is 314 g/mol. The lowest BCUT2D eigenvalue weighted by molar-refractivity contribution is 0.102. The molecule has 0 saturated heterocycles. The minimum absolute atomic E-state index is 0.202. The number of halogens is 1. The van der Waals surface area contributed by atoms with Crippen molar-refractivity contribution in [3.05, 3.63) is 65.2 Å². The van der Waals surface area contributed by atoms with E-state index in [0.29, 0.717) is 22.8 Å². The fourth-order valence-electron chi connectivity index (χ4n) is 2.19. The van der Waals surface area contributed by atoms with Crippen LogP contribution in [-0.2, 0) is 13.1 Å². The molecule has 0 bridgehead atoms. The summed E-state index contributed by atoms with van der Waals surface area (Å²) < 4.78 is 3.45. The van der Waals surface area contributed by atoms with Crippen LogP contribution in [-0.4, -0.2) is 25.5 Å². The maximum atomic E-state index is 12.1. The highest BCUT2D eigenvalue weighted by molar-refractivity contribution is 6.30. The molecule has 23 heavy (non-hydrogen) atoms. The molecule has 6 nitrogen and oxygen atoms in total. The highest BCUT2D eigenvalue weighted by atomic mass is 35.5. The molecule has 0 unspecified atom stereocenters. The molecule has 3 aromatic rings. The molecule has 0 radical (unpaired) electrons. The Balaban J connectivity index is 1.66. The van der Waals surface area contributed by atoms with Crippen LogP contribution in [0.4, 0.5) is 5.69 Å². The van der Waals surface area contributed by atoms with Crippen molar-refractivity contribution in [2.24, 2.45) is 0 Å². The molecule has 0 saturated carbocycles. The Morgan fingerprint density at radius 3 is 2.78 bits per heavy atom. The Kier molecular flexibility index (Phi) is 4.43. The molecule has 7 heteroatoms. The second-order valence-corrected chi connectivity index (χ2v) is 5.53. The quantitative estimate of drug-likeness (QED) is 0.782. The van der Waals surface area contributed by atoms with Gasteiger partial charge in [0.05, 0.1) is 30.2 Å². The highest BCUT2D eigenvalue weighted by Gasteiger charge is 2.10. The molecule has 0 fully saturated rings. The van der Waals surface area contributed by atoms with Crippen LogP contribution in [0, 0.1) is 0 Å². The molecule has 0 aliphatic rings. The summed E-state index contributed by atoms with van der Waals surface area (Å²) in [5, 5.41) is 11.8. The molecular formula is C16H16ClN5O. The fraction of sp³-hybridized carbons (Fsp3) is 0.188. The van der Waals surface area contributed by atoms with E-state index in [2.05, 4.69) is 15.5 Å². The second-order valence-electron chi connectivity index (χ2n) is 5.10. The number of aryl methyl sites for hydroxylation is 1. The lowest BCUT2D eigenvalue weighted by Gasteiger charge is -2.02. The largest absolute Gasteiger partial charge is 0.319 e. The zero-order chi connectivity index (χ0) is 16.2. The SMILES string of the molecule is CCn1cc(C(=O)Nc2cnn(Cc3cccc(Cl)c3)c2)cn1. The summed E-state index contributed by atoms with van der Waals surface area (Å²) in [6.07, 6.45) is 6.66. The molecule has 118 valence electrons. The number of hydrogen-bond acceptors (Lipinski definition) is 3. The number of nitrogens with one attached hydrogen (secondary N) is 1. The van der Waals surface area contributed by atoms with Crippen molar-refractivity contribution in [1.29, 1.82) is 0 Å². The zero-order valence-corrected chi connectivity index (χ0v) is 13.4. The van der Waals surface area contributed by atoms with Gasteiger partial charge < -0.3 is 5.32 Å². The number of rotatable bonds is 5. The molecule has 1 amide bonds. The van der Waals surface area contributed by atoms with Crippen molar-refractivity contribution >= 4 is 23.2 Å². The number of carbonyl (C=O) groups is 1. The van der Waals surface area contributed by atoms with E-state index in [9.17, 15) is 4.79 Å². The summed E-state index contributed by atoms with van der Waals surface area (Å²) in [5.74, 6) is -0.202. The van der Waals surface area contributed by atoms with Crippen LogP contribution in [0.25, 0.3) is 0 Å². The van der Waals surface area contributed by atoms with E-state index in [0.717, 1.165) is 12.1 Å². The number of aromatic nitrogens is 4. The number of nitrogens with zero attached hydrogens (tertiary/aromatic N) is 4. The van der Waals surface area contributed by atoms with Crippen LogP contribution in [0.15, 0.2) is 49.1 Å². The van der Waals surface area contributed by atoms with Gasteiger partial charge in [-0.25, -0.2) is 0 Å². The van der Waals surface area contributed by atoms with E-state index in [-0.39, 0.29) is 5.91 Å². The molecule has 2 heterocycles. The van der Waals surface area contributed by atoms with Gasteiger partial charge in [-0.2, -0.15) is 10.2 Å². The van der Waals surface area contributed by atoms with E-state index in [1.165, 1.54) is 0 Å². The zero-order valence-electron chi connectivity index (χ0n) is 12.6. The van der Waals surface area contributed by atoms with E-state index in [1.807, 2.05) is 31.2 Å². The Bertz CT molecular complexity index is 823. The normalized spacial score (nSPS) is 10.7. The van der Waals surface area contributed by atoms with Gasteiger partial charge in [-0.05, 0) is 24.6 Å². The lowest BCUT2D eigenvalue weighted by atomic mass is 10.2. The van der Waals surface area contributed by atoms with Crippen molar-refractivity contribution in [3.63, 3.8) is 0 Å². The number of hydrogen-bond donors (Lipinski definition) is 1. The van der Waals surface area contributed by atoms with Gasteiger partial charge in [0.1, 0.15) is 0 Å². The molecule has 2 aromatic heterocycles. The second kappa shape index (κ2) is 6.66. The van der Waals surface area contributed by atoms with Gasteiger partial charge in [0.25, 0.3) is 5.91 Å². The van der Waals surface area contributed by atoms with Crippen LogP contribution in [0.2, 0.25) is 5.02 Å². The average molecular weight is 330 g/mol. The van der Waals surface area contributed by atoms with Crippen molar-refractivity contribution in [3.8, 4) is 0 Å². The van der Waals surface area contributed by atoms with Crippen molar-refractivity contribution in [1.82, 2.24) is 19.6 Å². The van der Waals surface area contributed by atoms with Crippen LogP contribution >= 0.6 is 11.6 Å². The van der Waals surface area contributed by atoms with Crippen LogP contribution in [0.3, 0.4) is 0 Å². The molecule has 0 aliphatic carbocycles. The van der Waals surface area contributed by atoms with E-state index in [1.54, 1.807) is 34.2 Å². The summed E-state index contributed by atoms with van der Waals surface area (Å²) in [5.41, 5.74) is 2.21. The third kappa shape index (κ3) is 3.78. The Labute approximate surface area is 138 Å². The van der Waals surface area contributed by atoms with Crippen LogP contribution in [0.1, 0.15) is 22.8 Å². The van der Waals surface area contributed by atoms with Gasteiger partial charge >= 0.3 is 0 Å². The van der Waals surface area contributed by atoms with Gasteiger partial charge in [0, 0.05) is 24.0 Å². The first-order chi connectivity index (χ1) is 11.1. The minimum Gasteiger partial charge on any atom is -0.319 e. The molecule has 0 atom stereocenters. The number of anilines is 1. The Morgan fingerprint density at radius 2 is 2.04 bits per heavy atom. The van der Waals surface area contributed by atoms with Crippen LogP contribution in [0.5, 0.6) is 0 Å². The first kappa shape index (κ1) is 15.3. The van der Waals surface area contributed by atoms with Gasteiger partial charge in [0.2, 0.25) is 0 Å². The van der Waals surface area contributed by atoms with Gasteiger partial charge in [0.15, 0.2) is 0 Å². The maximum Gasteiger partial charge on any atom is 0.258 e. The lowest BCUT2D eigenvalue weighted by Crippen LogP contribution is -2.10. The molecule has 1 aromatic carbocycles. The third-order valence-corrected chi connectivity index (χ3v) is 3.58.